The zero-order valence-electron chi connectivity index (χ0n) is 21.6. The molecule has 0 amide bonds. The smallest absolute Gasteiger partial charge is 0.416 e. The number of anilines is 2. The first-order valence-corrected chi connectivity index (χ1v) is 13.2. The number of aromatic carboxylic acids is 1. The van der Waals surface area contributed by atoms with E-state index in [0.717, 1.165) is 57.1 Å². The van der Waals surface area contributed by atoms with Crippen molar-refractivity contribution in [3.05, 3.63) is 41.2 Å². The largest absolute Gasteiger partial charge is 0.475 e. The van der Waals surface area contributed by atoms with E-state index in [-0.39, 0.29) is 18.4 Å². The molecule has 4 rings (SSSR count). The number of aliphatic imine (C=N–C) groups is 1. The second kappa shape index (κ2) is 12.1. The third kappa shape index (κ3) is 6.80. The van der Waals surface area contributed by atoms with Gasteiger partial charge in [0.1, 0.15) is 5.69 Å². The van der Waals surface area contributed by atoms with Crippen LogP contribution in [0.15, 0.2) is 29.3 Å². The van der Waals surface area contributed by atoms with Crippen molar-refractivity contribution in [3.8, 4) is 0 Å². The molecule has 206 valence electrons. The Hall–Kier alpha value is -3.21. The van der Waals surface area contributed by atoms with Crippen LogP contribution in [-0.4, -0.2) is 46.5 Å². The number of rotatable bonds is 11. The Balaban J connectivity index is 1.70. The maximum absolute atomic E-state index is 13.1. The second-order valence-corrected chi connectivity index (χ2v) is 10.2. The summed E-state index contributed by atoms with van der Waals surface area (Å²) in [6.07, 6.45) is 4.44. The van der Waals surface area contributed by atoms with Crippen molar-refractivity contribution < 1.29 is 23.1 Å². The summed E-state index contributed by atoms with van der Waals surface area (Å²) < 4.78 is 39.4. The summed E-state index contributed by atoms with van der Waals surface area (Å²) in [7, 11) is 0. The van der Waals surface area contributed by atoms with E-state index < -0.39 is 23.5 Å². The summed E-state index contributed by atoms with van der Waals surface area (Å²) in [6, 6.07) is 5.38. The summed E-state index contributed by atoms with van der Waals surface area (Å²) >= 11 is 0. The van der Waals surface area contributed by atoms with Gasteiger partial charge in [-0.2, -0.15) is 13.2 Å². The summed E-state index contributed by atoms with van der Waals surface area (Å²) in [4.78, 5) is 26.2. The number of halogens is 3. The van der Waals surface area contributed by atoms with Gasteiger partial charge in [0, 0.05) is 18.6 Å². The first-order chi connectivity index (χ1) is 18.2. The van der Waals surface area contributed by atoms with Gasteiger partial charge in [0.05, 0.1) is 12.2 Å². The summed E-state index contributed by atoms with van der Waals surface area (Å²) in [5.74, 6) is -0.797. The average Bonchev–Trinajstić information content (AvgIpc) is 2.85. The third-order valence-electron chi connectivity index (χ3n) is 7.57. The number of hydrogen-bond donors (Lipinski definition) is 3. The van der Waals surface area contributed by atoms with Crippen molar-refractivity contribution in [3.63, 3.8) is 0 Å². The molecule has 1 atom stereocenters. The molecule has 38 heavy (non-hydrogen) atoms. The van der Waals surface area contributed by atoms with E-state index in [9.17, 15) is 23.1 Å². The maximum atomic E-state index is 13.1. The third-order valence-corrected chi connectivity index (χ3v) is 7.57. The van der Waals surface area contributed by atoms with Crippen LogP contribution in [-0.2, 0) is 12.7 Å². The van der Waals surface area contributed by atoms with Crippen LogP contribution in [0.4, 0.5) is 30.5 Å². The van der Waals surface area contributed by atoms with E-state index in [4.69, 9.17) is 0 Å². The summed E-state index contributed by atoms with van der Waals surface area (Å²) in [5.41, 5.74) is 0.408. The lowest BCUT2D eigenvalue weighted by molar-refractivity contribution is -0.137. The average molecular weight is 533 g/mol. The SMILES string of the molecule is C=Nc1nc(C(=O)O)nc(N[C@H](C)C2CCC2)c1N(CNC1CCCCC1)Cc1ccc(C(F)(F)F)cc1. The Morgan fingerprint density at radius 3 is 2.37 bits per heavy atom. The highest BCUT2D eigenvalue weighted by molar-refractivity contribution is 5.87. The van der Waals surface area contributed by atoms with E-state index in [2.05, 4.69) is 32.3 Å². The zero-order valence-corrected chi connectivity index (χ0v) is 21.6. The van der Waals surface area contributed by atoms with Crippen molar-refractivity contribution in [1.29, 1.82) is 0 Å². The first kappa shape index (κ1) is 27.8. The van der Waals surface area contributed by atoms with Crippen LogP contribution in [0.5, 0.6) is 0 Å². The van der Waals surface area contributed by atoms with Crippen LogP contribution < -0.4 is 15.5 Å². The van der Waals surface area contributed by atoms with Gasteiger partial charge in [0.15, 0.2) is 11.6 Å². The van der Waals surface area contributed by atoms with Gasteiger partial charge in [-0.05, 0) is 62.9 Å². The molecule has 2 aliphatic rings. The van der Waals surface area contributed by atoms with Crippen LogP contribution >= 0.6 is 0 Å². The van der Waals surface area contributed by atoms with Gasteiger partial charge in [-0.25, -0.2) is 19.8 Å². The number of carboxylic acids is 1. The Labute approximate surface area is 220 Å². The van der Waals surface area contributed by atoms with Gasteiger partial charge < -0.3 is 15.3 Å². The normalized spacial score (nSPS) is 17.5. The molecule has 1 aromatic heterocycles. The first-order valence-electron chi connectivity index (χ1n) is 13.2. The van der Waals surface area contributed by atoms with E-state index >= 15 is 0 Å². The zero-order chi connectivity index (χ0) is 27.3. The number of alkyl halides is 3. The van der Waals surface area contributed by atoms with Crippen molar-refractivity contribution in [2.45, 2.75) is 83.1 Å². The minimum Gasteiger partial charge on any atom is -0.475 e. The molecule has 0 saturated heterocycles. The molecule has 1 heterocycles. The Kier molecular flexibility index (Phi) is 8.86. The molecule has 11 heteroatoms. The fourth-order valence-electron chi connectivity index (χ4n) is 5.09. The lowest BCUT2D eigenvalue weighted by Gasteiger charge is -2.35. The molecule has 3 N–H and O–H groups in total. The van der Waals surface area contributed by atoms with E-state index in [1.54, 1.807) is 0 Å². The predicted molar refractivity (Wildman–Crippen MR) is 141 cm³/mol. The van der Waals surface area contributed by atoms with E-state index in [1.807, 2.05) is 11.8 Å². The van der Waals surface area contributed by atoms with Crippen LogP contribution in [0.2, 0.25) is 0 Å². The number of aromatic nitrogens is 2. The standard InChI is InChI=1S/C27H35F3N6O2/c1-17(19-7-6-8-19)33-24-22(23(31-2)34-25(35-24)26(37)38)36(16-32-21-9-4-3-5-10-21)15-18-11-13-20(14-12-18)27(28,29)30/h11-14,17,19,21,32H,2-10,15-16H2,1H3,(H,37,38)(H,33,34,35)/t17-/m1/s1. The van der Waals surface area contributed by atoms with E-state index in [0.29, 0.717) is 35.7 Å². The van der Waals surface area contributed by atoms with Crippen molar-refractivity contribution in [2.24, 2.45) is 10.9 Å². The van der Waals surface area contributed by atoms with Crippen LogP contribution in [0, 0.1) is 5.92 Å². The number of carboxylic acid groups (broad SMARTS) is 1. The number of nitrogens with one attached hydrogen (secondary N) is 2. The highest BCUT2D eigenvalue weighted by Gasteiger charge is 2.31. The second-order valence-electron chi connectivity index (χ2n) is 10.2. The highest BCUT2D eigenvalue weighted by Crippen LogP contribution is 2.38. The molecular formula is C27H35F3N6O2. The molecule has 2 aromatic rings. The minimum atomic E-state index is -4.42. The quantitative estimate of drug-likeness (QED) is 0.240. The Bertz CT molecular complexity index is 1120. The van der Waals surface area contributed by atoms with Gasteiger partial charge in [-0.1, -0.05) is 37.8 Å². The molecular weight excluding hydrogens is 497 g/mol. The predicted octanol–water partition coefficient (Wildman–Crippen LogP) is 6.01. The molecule has 0 radical (unpaired) electrons. The molecule has 0 spiro atoms. The van der Waals surface area contributed by atoms with Gasteiger partial charge >= 0.3 is 12.1 Å². The van der Waals surface area contributed by atoms with Crippen LogP contribution in [0.1, 0.15) is 80.0 Å². The van der Waals surface area contributed by atoms with Gasteiger partial charge in [0.25, 0.3) is 0 Å². The molecule has 2 aliphatic carbocycles. The lowest BCUT2D eigenvalue weighted by atomic mass is 9.80. The molecule has 0 unspecified atom stereocenters. The maximum Gasteiger partial charge on any atom is 0.416 e. The number of benzene rings is 1. The lowest BCUT2D eigenvalue weighted by Crippen LogP contribution is -2.41. The van der Waals surface area contributed by atoms with Gasteiger partial charge in [-0.15, -0.1) is 0 Å². The molecule has 0 aliphatic heterocycles. The van der Waals surface area contributed by atoms with Crippen LogP contribution in [0.25, 0.3) is 0 Å². The van der Waals surface area contributed by atoms with Crippen LogP contribution in [0.3, 0.4) is 0 Å². The summed E-state index contributed by atoms with van der Waals surface area (Å²) in [5, 5.41) is 16.6. The Morgan fingerprint density at radius 1 is 1.13 bits per heavy atom. The molecule has 8 nitrogen and oxygen atoms in total. The fourth-order valence-corrected chi connectivity index (χ4v) is 5.09. The van der Waals surface area contributed by atoms with Crippen molar-refractivity contribution >= 4 is 30.0 Å². The summed E-state index contributed by atoms with van der Waals surface area (Å²) in [6.45, 7) is 6.26. The van der Waals surface area contributed by atoms with Crippen molar-refractivity contribution in [2.75, 3.05) is 16.9 Å². The van der Waals surface area contributed by atoms with E-state index in [1.165, 1.54) is 18.6 Å². The molecule has 1 aromatic carbocycles. The van der Waals surface area contributed by atoms with Gasteiger partial charge in [0.2, 0.25) is 5.82 Å². The molecule has 2 saturated carbocycles. The number of hydrogen-bond acceptors (Lipinski definition) is 7. The number of nitrogens with zero attached hydrogens (tertiary/aromatic N) is 4. The number of carbonyl (C=O) groups is 1. The monoisotopic (exact) mass is 532 g/mol. The highest BCUT2D eigenvalue weighted by atomic mass is 19.4. The van der Waals surface area contributed by atoms with Gasteiger partial charge in [-0.3, -0.25) is 5.32 Å². The Morgan fingerprint density at radius 2 is 1.82 bits per heavy atom. The molecule has 2 fully saturated rings. The van der Waals surface area contributed by atoms with Crippen molar-refractivity contribution in [1.82, 2.24) is 15.3 Å². The fraction of sp³-hybridized carbons (Fsp3) is 0.556. The minimum absolute atomic E-state index is 0.0379. The topological polar surface area (TPSA) is 103 Å². The molecule has 0 bridgehead atoms.